The molecule has 0 radical (unpaired) electrons. The van der Waals surface area contributed by atoms with Gasteiger partial charge >= 0.3 is 68.6 Å². The fourth-order valence-corrected chi connectivity index (χ4v) is 43.9. The molecule has 0 N–H and O–H groups in total. The first-order valence-corrected chi connectivity index (χ1v) is 14.9. The third-order valence-electron chi connectivity index (χ3n) is 0.194. The van der Waals surface area contributed by atoms with Crippen LogP contribution in [0.5, 0.6) is 0 Å². The maximum atomic E-state index is 2.12. The number of hydrogen-bond acceptors (Lipinski definition) is 5. The molecule has 1 aromatic heterocycles. The molecule has 1 heterocycles. The molecule has 1 rings (SSSR count). The van der Waals surface area contributed by atoms with Crippen LogP contribution in [-0.2, 0) is 0 Å². The molecule has 0 saturated heterocycles. The van der Waals surface area contributed by atoms with E-state index in [4.69, 9.17) is 0 Å². The van der Waals surface area contributed by atoms with Crippen molar-refractivity contribution < 1.29 is 0 Å². The molecule has 0 aliphatic heterocycles. The summed E-state index contributed by atoms with van der Waals surface area (Å²) in [6, 6.07) is 0. The van der Waals surface area contributed by atoms with Crippen molar-refractivity contribution in [2.45, 2.75) is 0 Å². The van der Waals surface area contributed by atoms with Crippen LogP contribution in [0.4, 0.5) is 0 Å². The van der Waals surface area contributed by atoms with Gasteiger partial charge in [-0.15, -0.1) is 0 Å². The zero-order valence-electron chi connectivity index (χ0n) is 2.86. The molecule has 7 heavy (non-hydrogen) atoms. The molecule has 0 aliphatic rings. The summed E-state index contributed by atoms with van der Waals surface area (Å²) in [6.07, 6.45) is 0. The molecule has 0 amide bonds. The monoisotopic (exact) mass is 320 g/mol. The van der Waals surface area contributed by atoms with Crippen LogP contribution in [0.25, 0.3) is 0 Å². The van der Waals surface area contributed by atoms with Crippen LogP contribution in [-0.4, -0.2) is 24.4 Å². The molecular formula is S5Se2. The Balaban J connectivity index is 3.06. The fraction of sp³-hybridized carbons (Fsp3) is 0. The van der Waals surface area contributed by atoms with Crippen molar-refractivity contribution in [3.63, 3.8) is 0 Å². The standard InChI is InChI=1S/S5Se2/c1-2-4-7-5-6-3-1. The van der Waals surface area contributed by atoms with E-state index in [1.807, 2.05) is 36.1 Å². The van der Waals surface area contributed by atoms with Crippen LogP contribution < -0.4 is 0 Å². The molecule has 7 heteroatoms. The first kappa shape index (κ1) is 7.25. The Kier molecular flexibility index (Phi) is 5.14. The Bertz CT molecular complexity index is 94.1. The van der Waals surface area contributed by atoms with Gasteiger partial charge in [0, 0.05) is 0 Å². The molecule has 42 valence electrons. The van der Waals surface area contributed by atoms with Crippen LogP contribution >= 0.6 is 44.2 Å². The molecule has 0 aromatic carbocycles. The van der Waals surface area contributed by atoms with E-state index in [1.165, 1.54) is 0 Å². The van der Waals surface area contributed by atoms with Gasteiger partial charge in [0.2, 0.25) is 0 Å². The quantitative estimate of drug-likeness (QED) is 0.509. The van der Waals surface area contributed by atoms with Crippen LogP contribution in [0.2, 0.25) is 0 Å². The Morgan fingerprint density at radius 3 is 2.00 bits per heavy atom. The Morgan fingerprint density at radius 2 is 1.43 bits per heavy atom. The van der Waals surface area contributed by atoms with Crippen LogP contribution in [0.1, 0.15) is 0 Å². The topological polar surface area (TPSA) is 0 Å². The second kappa shape index (κ2) is 4.97. The van der Waals surface area contributed by atoms with Gasteiger partial charge in [-0.25, -0.2) is 0 Å². The second-order valence-electron chi connectivity index (χ2n) is 0.476. The summed E-state index contributed by atoms with van der Waals surface area (Å²) in [4.78, 5) is 0. The number of hydrogen-bond donors (Lipinski definition) is 0. The fourth-order valence-electron chi connectivity index (χ4n) is 0.0794. The zero-order chi connectivity index (χ0) is 4.95. The van der Waals surface area contributed by atoms with E-state index >= 15 is 0 Å². The molecule has 0 bridgehead atoms. The van der Waals surface area contributed by atoms with Gasteiger partial charge in [0.05, 0.1) is 0 Å². The molecule has 0 fully saturated rings. The van der Waals surface area contributed by atoms with Gasteiger partial charge in [0.15, 0.2) is 0 Å². The van der Waals surface area contributed by atoms with Crippen molar-refractivity contribution >= 4 is 68.6 Å². The Labute approximate surface area is 67.5 Å². The third-order valence-corrected chi connectivity index (χ3v) is 31.3. The molecule has 0 atom stereocenters. The molecular weight excluding hydrogens is 318 g/mol. The van der Waals surface area contributed by atoms with Crippen molar-refractivity contribution in [1.29, 1.82) is 0 Å². The third kappa shape index (κ3) is 3.67. The van der Waals surface area contributed by atoms with Crippen molar-refractivity contribution in [2.75, 3.05) is 0 Å². The molecule has 1 aromatic rings. The summed E-state index contributed by atoms with van der Waals surface area (Å²) < 4.78 is 0. The first-order chi connectivity index (χ1) is 3.50. The SMILES string of the molecule is s1ss[se]s[se]s1. The molecule has 0 spiro atoms. The molecule has 0 saturated carbocycles. The summed E-state index contributed by atoms with van der Waals surface area (Å²) in [5.74, 6) is 0. The van der Waals surface area contributed by atoms with Crippen molar-refractivity contribution in [3.8, 4) is 0 Å². The maximum absolute atomic E-state index is 2.12. The second-order valence-corrected chi connectivity index (χ2v) is 21.9. The summed E-state index contributed by atoms with van der Waals surface area (Å²) in [5.41, 5.74) is 0. The predicted octanol–water partition coefficient (Wildman–Crippen LogP) is 2.36. The van der Waals surface area contributed by atoms with Crippen LogP contribution in [0, 0.1) is 0 Å². The van der Waals surface area contributed by atoms with Gasteiger partial charge in [-0.05, 0) is 0 Å². The van der Waals surface area contributed by atoms with Gasteiger partial charge in [0.25, 0.3) is 0 Å². The van der Waals surface area contributed by atoms with Crippen LogP contribution in [0.15, 0.2) is 0 Å². The number of rotatable bonds is 0. The average molecular weight is 318 g/mol. The Hall–Kier alpha value is 2.14. The summed E-state index contributed by atoms with van der Waals surface area (Å²) in [6.45, 7) is 0. The first-order valence-electron chi connectivity index (χ1n) is 1.17. The molecule has 0 nitrogen and oxygen atoms in total. The van der Waals surface area contributed by atoms with E-state index < -0.39 is 0 Å². The van der Waals surface area contributed by atoms with E-state index in [2.05, 4.69) is 8.10 Å². The van der Waals surface area contributed by atoms with Crippen molar-refractivity contribution in [2.24, 2.45) is 0 Å². The van der Waals surface area contributed by atoms with E-state index in [9.17, 15) is 0 Å². The van der Waals surface area contributed by atoms with Gasteiger partial charge in [0.1, 0.15) is 0 Å². The normalized spacial score (nSPS) is 8.00. The Morgan fingerprint density at radius 1 is 0.857 bits per heavy atom. The van der Waals surface area contributed by atoms with Crippen molar-refractivity contribution in [1.82, 2.24) is 0 Å². The average Bonchev–Trinajstić information content (AvgIpc) is 1.90. The van der Waals surface area contributed by atoms with E-state index in [1.54, 1.807) is 0 Å². The predicted molar refractivity (Wildman–Crippen MR) is 45.0 cm³/mol. The zero-order valence-corrected chi connectivity index (χ0v) is 10.4. The van der Waals surface area contributed by atoms with E-state index in [-0.39, 0.29) is 0 Å². The van der Waals surface area contributed by atoms with Crippen molar-refractivity contribution in [3.05, 3.63) is 0 Å². The summed E-state index contributed by atoms with van der Waals surface area (Å²) in [7, 11) is 10.0. The van der Waals surface area contributed by atoms with Gasteiger partial charge in [-0.3, -0.25) is 0 Å². The van der Waals surface area contributed by atoms with Gasteiger partial charge in [-0.1, -0.05) is 0 Å². The molecule has 0 unspecified atom stereocenters. The summed E-state index contributed by atoms with van der Waals surface area (Å²) >= 11 is 1.64. The van der Waals surface area contributed by atoms with E-state index in [0.717, 1.165) is 24.4 Å². The van der Waals surface area contributed by atoms with Gasteiger partial charge < -0.3 is 0 Å². The minimum absolute atomic E-state index is 0.821. The molecule has 0 aliphatic carbocycles. The van der Waals surface area contributed by atoms with Crippen LogP contribution in [0.3, 0.4) is 0 Å². The van der Waals surface area contributed by atoms with E-state index in [0.29, 0.717) is 0 Å². The minimum atomic E-state index is 0.821. The van der Waals surface area contributed by atoms with Gasteiger partial charge in [-0.2, -0.15) is 0 Å². The summed E-state index contributed by atoms with van der Waals surface area (Å²) in [5, 5.41) is 0.